The van der Waals surface area contributed by atoms with Gasteiger partial charge in [0, 0.05) is 41.0 Å². The Hall–Kier alpha value is -1.96. The molecule has 1 aliphatic rings. The zero-order chi connectivity index (χ0) is 19.0. The van der Waals surface area contributed by atoms with Gasteiger partial charge in [-0.2, -0.15) is 0 Å². The molecule has 1 aliphatic heterocycles. The number of carbonyl (C=O) groups is 2. The van der Waals surface area contributed by atoms with E-state index in [0.29, 0.717) is 33.1 Å². The Balaban J connectivity index is 1.35. The average Bonchev–Trinajstić information content (AvgIpc) is 3.25. The van der Waals surface area contributed by atoms with Crippen LogP contribution in [-0.4, -0.2) is 29.8 Å². The van der Waals surface area contributed by atoms with Gasteiger partial charge in [0.1, 0.15) is 10.7 Å². The van der Waals surface area contributed by atoms with Crippen molar-refractivity contribution in [2.75, 3.05) is 13.1 Å². The third-order valence-electron chi connectivity index (χ3n) is 4.58. The van der Waals surface area contributed by atoms with Gasteiger partial charge in [0.2, 0.25) is 5.91 Å². The summed E-state index contributed by atoms with van der Waals surface area (Å²) in [5, 5.41) is 5.78. The van der Waals surface area contributed by atoms with Gasteiger partial charge in [-0.25, -0.2) is 4.39 Å². The minimum atomic E-state index is -0.367. The molecule has 2 aromatic heterocycles. The number of nitrogens with zero attached hydrogens (tertiary/aromatic N) is 1. The predicted molar refractivity (Wildman–Crippen MR) is 107 cm³/mol. The van der Waals surface area contributed by atoms with Crippen molar-refractivity contribution >= 4 is 56.2 Å². The SMILES string of the molecule is O=C(NCCC(=O)N1CCc2sccc2C1)c1sc2cc(F)ccc2c1Cl. The summed E-state index contributed by atoms with van der Waals surface area (Å²) in [6.45, 7) is 1.59. The maximum absolute atomic E-state index is 13.3. The van der Waals surface area contributed by atoms with Gasteiger partial charge in [-0.3, -0.25) is 9.59 Å². The Morgan fingerprint density at radius 3 is 3.00 bits per heavy atom. The molecule has 27 heavy (non-hydrogen) atoms. The number of thiophene rings is 2. The molecule has 3 heterocycles. The van der Waals surface area contributed by atoms with E-state index in [1.807, 2.05) is 4.90 Å². The number of amides is 2. The standard InChI is InChI=1S/C19H16ClFN2O2S2/c20-17-13-2-1-12(21)9-15(13)27-18(17)19(25)22-6-3-16(24)23-7-4-14-11(10-23)5-8-26-14/h1-2,5,8-9H,3-4,6-7,10H2,(H,22,25). The summed E-state index contributed by atoms with van der Waals surface area (Å²) in [4.78, 5) is 28.3. The Kier molecular flexibility index (Phi) is 5.16. The number of hydrogen-bond donors (Lipinski definition) is 1. The van der Waals surface area contributed by atoms with Gasteiger partial charge >= 0.3 is 0 Å². The lowest BCUT2D eigenvalue weighted by Crippen LogP contribution is -2.37. The fraction of sp³-hybridized carbons (Fsp3) is 0.263. The molecule has 0 spiro atoms. The summed E-state index contributed by atoms with van der Waals surface area (Å²) in [5.74, 6) is -0.682. The van der Waals surface area contributed by atoms with Gasteiger partial charge in [0.25, 0.3) is 5.91 Å². The van der Waals surface area contributed by atoms with E-state index in [9.17, 15) is 14.0 Å². The monoisotopic (exact) mass is 422 g/mol. The molecule has 4 rings (SSSR count). The summed E-state index contributed by atoms with van der Waals surface area (Å²) in [5.41, 5.74) is 1.22. The number of nitrogens with one attached hydrogen (secondary N) is 1. The van der Waals surface area contributed by atoms with Crippen LogP contribution in [0.5, 0.6) is 0 Å². The van der Waals surface area contributed by atoms with Crippen LogP contribution in [0, 0.1) is 5.82 Å². The Labute approximate surface area is 168 Å². The van der Waals surface area contributed by atoms with Crippen molar-refractivity contribution in [1.29, 1.82) is 0 Å². The van der Waals surface area contributed by atoms with Crippen LogP contribution < -0.4 is 5.32 Å². The first-order valence-electron chi connectivity index (χ1n) is 8.51. The zero-order valence-electron chi connectivity index (χ0n) is 14.3. The number of fused-ring (bicyclic) bond motifs is 2. The predicted octanol–water partition coefficient (Wildman–Crippen LogP) is 4.46. The fourth-order valence-corrected chi connectivity index (χ4v) is 5.52. The molecule has 2 amide bonds. The highest BCUT2D eigenvalue weighted by molar-refractivity contribution is 7.21. The number of rotatable bonds is 4. The van der Waals surface area contributed by atoms with Crippen LogP contribution in [-0.2, 0) is 17.8 Å². The topological polar surface area (TPSA) is 49.4 Å². The zero-order valence-corrected chi connectivity index (χ0v) is 16.6. The summed E-state index contributed by atoms with van der Waals surface area (Å²) in [7, 11) is 0. The van der Waals surface area contributed by atoms with Gasteiger partial charge in [0.15, 0.2) is 0 Å². The molecule has 0 bridgehead atoms. The van der Waals surface area contributed by atoms with Crippen LogP contribution in [0.1, 0.15) is 26.5 Å². The maximum Gasteiger partial charge on any atom is 0.262 e. The molecule has 0 aliphatic carbocycles. The molecule has 0 unspecified atom stereocenters. The quantitative estimate of drug-likeness (QED) is 0.674. The molecule has 4 nitrogen and oxygen atoms in total. The smallest absolute Gasteiger partial charge is 0.262 e. The van der Waals surface area contributed by atoms with Crippen LogP contribution in [0.25, 0.3) is 10.1 Å². The van der Waals surface area contributed by atoms with E-state index in [0.717, 1.165) is 17.8 Å². The van der Waals surface area contributed by atoms with Crippen molar-refractivity contribution in [2.24, 2.45) is 0 Å². The van der Waals surface area contributed by atoms with E-state index in [-0.39, 0.29) is 30.6 Å². The van der Waals surface area contributed by atoms with Gasteiger partial charge in [0.05, 0.1) is 5.02 Å². The first kappa shape index (κ1) is 18.4. The van der Waals surface area contributed by atoms with Gasteiger partial charge in [-0.15, -0.1) is 22.7 Å². The second-order valence-electron chi connectivity index (χ2n) is 6.33. The summed E-state index contributed by atoms with van der Waals surface area (Å²) in [6.07, 6.45) is 1.13. The Morgan fingerprint density at radius 1 is 1.30 bits per heavy atom. The van der Waals surface area contributed by atoms with Crippen molar-refractivity contribution in [1.82, 2.24) is 10.2 Å². The van der Waals surface area contributed by atoms with Crippen LogP contribution in [0.2, 0.25) is 5.02 Å². The molecule has 140 valence electrons. The van der Waals surface area contributed by atoms with E-state index in [2.05, 4.69) is 16.8 Å². The molecule has 1 aromatic carbocycles. The molecule has 0 fully saturated rings. The van der Waals surface area contributed by atoms with Gasteiger partial charge in [-0.1, -0.05) is 11.6 Å². The van der Waals surface area contributed by atoms with Crippen LogP contribution in [0.3, 0.4) is 0 Å². The fourth-order valence-electron chi connectivity index (χ4n) is 3.17. The highest BCUT2D eigenvalue weighted by Crippen LogP contribution is 2.35. The normalized spacial score (nSPS) is 13.6. The second kappa shape index (κ2) is 7.58. The van der Waals surface area contributed by atoms with Crippen LogP contribution in [0.4, 0.5) is 4.39 Å². The summed E-state index contributed by atoms with van der Waals surface area (Å²) < 4.78 is 14.0. The minimum absolute atomic E-state index is 0.0247. The molecular formula is C19H16ClFN2O2S2. The Bertz CT molecular complexity index is 1030. The number of hydrogen-bond acceptors (Lipinski definition) is 4. The van der Waals surface area contributed by atoms with E-state index in [1.54, 1.807) is 17.4 Å². The average molecular weight is 423 g/mol. The van der Waals surface area contributed by atoms with E-state index in [4.69, 9.17) is 11.6 Å². The van der Waals surface area contributed by atoms with Crippen molar-refractivity contribution < 1.29 is 14.0 Å². The number of benzene rings is 1. The second-order valence-corrected chi connectivity index (χ2v) is 8.76. The molecule has 1 N–H and O–H groups in total. The summed E-state index contributed by atoms with van der Waals surface area (Å²) in [6, 6.07) is 6.31. The van der Waals surface area contributed by atoms with Gasteiger partial charge < -0.3 is 10.2 Å². The minimum Gasteiger partial charge on any atom is -0.351 e. The third-order valence-corrected chi connectivity index (χ3v) is 7.26. The molecule has 0 atom stereocenters. The van der Waals surface area contributed by atoms with Crippen molar-refractivity contribution in [2.45, 2.75) is 19.4 Å². The van der Waals surface area contributed by atoms with Crippen LogP contribution in [0.15, 0.2) is 29.6 Å². The van der Waals surface area contributed by atoms with Crippen molar-refractivity contribution in [3.05, 3.63) is 55.8 Å². The molecule has 3 aromatic rings. The number of carbonyl (C=O) groups excluding carboxylic acids is 2. The van der Waals surface area contributed by atoms with Gasteiger partial charge in [-0.05, 0) is 41.6 Å². The largest absolute Gasteiger partial charge is 0.351 e. The molecule has 0 saturated heterocycles. The lowest BCUT2D eigenvalue weighted by Gasteiger charge is -2.27. The van der Waals surface area contributed by atoms with Crippen molar-refractivity contribution in [3.63, 3.8) is 0 Å². The lowest BCUT2D eigenvalue weighted by molar-refractivity contribution is -0.131. The molecule has 0 radical (unpaired) electrons. The van der Waals surface area contributed by atoms with E-state index in [1.165, 1.54) is 22.6 Å². The molecule has 8 heteroatoms. The van der Waals surface area contributed by atoms with E-state index < -0.39 is 0 Å². The number of halogens is 2. The third kappa shape index (κ3) is 3.72. The van der Waals surface area contributed by atoms with Crippen LogP contribution >= 0.6 is 34.3 Å². The Morgan fingerprint density at radius 2 is 2.15 bits per heavy atom. The highest BCUT2D eigenvalue weighted by atomic mass is 35.5. The van der Waals surface area contributed by atoms with Crippen molar-refractivity contribution in [3.8, 4) is 0 Å². The summed E-state index contributed by atoms with van der Waals surface area (Å²) >= 11 is 9.14. The first-order valence-corrected chi connectivity index (χ1v) is 10.6. The molecule has 0 saturated carbocycles. The first-order chi connectivity index (χ1) is 13.0. The maximum atomic E-state index is 13.3. The lowest BCUT2D eigenvalue weighted by atomic mass is 10.1. The highest BCUT2D eigenvalue weighted by Gasteiger charge is 2.22. The molecular weight excluding hydrogens is 407 g/mol. The van der Waals surface area contributed by atoms with E-state index >= 15 is 0 Å².